The van der Waals surface area contributed by atoms with Crippen LogP contribution in [0.2, 0.25) is 5.04 Å². The number of amides is 1. The molecule has 1 fully saturated rings. The molecule has 1 N–H and O–H groups in total. The number of carbonyl (C=O) groups is 1. The van der Waals surface area contributed by atoms with Gasteiger partial charge in [0.15, 0.2) is 9.76 Å². The predicted octanol–water partition coefficient (Wildman–Crippen LogP) is 3.81. The first kappa shape index (κ1) is 24.4. The zero-order valence-corrected chi connectivity index (χ0v) is 20.9. The topological polar surface area (TPSA) is 50.8 Å². The van der Waals surface area contributed by atoms with E-state index in [4.69, 9.17) is 9.16 Å². The highest BCUT2D eigenvalue weighted by atomic mass is 28.2. The minimum atomic E-state index is -0.662. The number of nitrogens with zero attached hydrogens (tertiary/aromatic N) is 1. The van der Waals surface area contributed by atoms with Gasteiger partial charge in [-0.15, -0.1) is 0 Å². The molecule has 160 valence electrons. The fraction of sp³-hybridized carbons (Fsp3) is 0.952. The summed E-state index contributed by atoms with van der Waals surface area (Å²) in [5.41, 5.74) is -0.702. The van der Waals surface area contributed by atoms with Gasteiger partial charge in [-0.2, -0.15) is 0 Å². The summed E-state index contributed by atoms with van der Waals surface area (Å²) in [6, 6.07) is 0. The number of carbonyl (C=O) groups excluding carboxylic acids is 1. The maximum Gasteiger partial charge on any atom is 0.410 e. The van der Waals surface area contributed by atoms with Crippen molar-refractivity contribution in [3.63, 3.8) is 0 Å². The fourth-order valence-corrected chi connectivity index (χ4v) is 4.43. The largest absolute Gasteiger partial charge is 0.444 e. The Morgan fingerprint density at radius 1 is 1.11 bits per heavy atom. The lowest BCUT2D eigenvalue weighted by Gasteiger charge is -2.37. The summed E-state index contributed by atoms with van der Waals surface area (Å²) in [6.07, 6.45) is -0.206. The summed E-state index contributed by atoms with van der Waals surface area (Å²) in [4.78, 5) is 14.5. The van der Waals surface area contributed by atoms with Gasteiger partial charge in [-0.25, -0.2) is 4.79 Å². The van der Waals surface area contributed by atoms with E-state index in [1.807, 2.05) is 25.7 Å². The molecule has 1 saturated heterocycles. The average Bonchev–Trinajstić information content (AvgIpc) is 2.88. The predicted molar refractivity (Wildman–Crippen MR) is 116 cm³/mol. The van der Waals surface area contributed by atoms with Gasteiger partial charge in [0, 0.05) is 25.6 Å². The van der Waals surface area contributed by atoms with Crippen molar-refractivity contribution < 1.29 is 14.0 Å². The minimum Gasteiger partial charge on any atom is -0.444 e. The van der Waals surface area contributed by atoms with Gasteiger partial charge in [0.25, 0.3) is 0 Å². The number of ether oxygens (including phenoxy) is 1. The molecule has 1 heterocycles. The third-order valence-corrected chi connectivity index (χ3v) is 6.58. The molecule has 1 aliphatic heterocycles. The molecule has 1 aliphatic rings. The Hall–Kier alpha value is -0.593. The molecule has 0 spiro atoms. The molecule has 6 heteroatoms. The summed E-state index contributed by atoms with van der Waals surface area (Å²) in [6.45, 7) is 24.7. The van der Waals surface area contributed by atoms with Crippen molar-refractivity contribution in [2.24, 2.45) is 17.8 Å². The fourth-order valence-electron chi connectivity index (χ4n) is 3.41. The molecular weight excluding hydrogens is 356 g/mol. The van der Waals surface area contributed by atoms with Crippen LogP contribution in [-0.4, -0.2) is 58.1 Å². The van der Waals surface area contributed by atoms with Crippen molar-refractivity contribution in [3.05, 3.63) is 0 Å². The van der Waals surface area contributed by atoms with E-state index < -0.39 is 15.4 Å². The zero-order valence-electron chi connectivity index (χ0n) is 19.4. The van der Waals surface area contributed by atoms with Crippen molar-refractivity contribution in [2.75, 3.05) is 26.2 Å². The average molecular weight is 401 g/mol. The number of rotatable bonds is 7. The Morgan fingerprint density at radius 3 is 2.19 bits per heavy atom. The Kier molecular flexibility index (Phi) is 8.39. The first-order valence-electron chi connectivity index (χ1n) is 10.4. The third-order valence-electron chi connectivity index (χ3n) is 4.82. The molecule has 0 radical (unpaired) electrons. The maximum absolute atomic E-state index is 12.6. The first-order valence-corrected chi connectivity index (χ1v) is 11.7. The molecule has 1 rings (SSSR count). The number of hydrogen-bond acceptors (Lipinski definition) is 4. The van der Waals surface area contributed by atoms with Crippen LogP contribution < -0.4 is 5.32 Å². The van der Waals surface area contributed by atoms with Crippen LogP contribution in [0.5, 0.6) is 0 Å². The molecule has 0 aromatic rings. The van der Waals surface area contributed by atoms with E-state index in [-0.39, 0.29) is 16.7 Å². The second-order valence-electron chi connectivity index (χ2n) is 11.3. The zero-order chi connectivity index (χ0) is 21.0. The van der Waals surface area contributed by atoms with Crippen LogP contribution in [-0.2, 0) is 9.16 Å². The molecule has 0 saturated carbocycles. The van der Waals surface area contributed by atoms with Crippen molar-refractivity contribution in [3.8, 4) is 0 Å². The highest BCUT2D eigenvalue weighted by Crippen LogP contribution is 2.36. The normalized spacial score (nSPS) is 22.3. The lowest BCUT2D eigenvalue weighted by molar-refractivity contribution is 0.0182. The highest BCUT2D eigenvalue weighted by molar-refractivity contribution is 6.31. The first-order chi connectivity index (χ1) is 12.1. The maximum atomic E-state index is 12.6. The van der Waals surface area contributed by atoms with Gasteiger partial charge in [-0.05, 0) is 58.0 Å². The van der Waals surface area contributed by atoms with Gasteiger partial charge in [0.05, 0.1) is 5.60 Å². The van der Waals surface area contributed by atoms with Crippen molar-refractivity contribution >= 4 is 15.9 Å². The monoisotopic (exact) mass is 400 g/mol. The molecule has 0 bridgehead atoms. The molecular formula is C21H44N2O3Si. The van der Waals surface area contributed by atoms with Crippen LogP contribution in [0, 0.1) is 17.8 Å². The lowest BCUT2D eigenvalue weighted by Crippen LogP contribution is -2.44. The van der Waals surface area contributed by atoms with E-state index in [0.29, 0.717) is 24.3 Å². The molecule has 0 aliphatic carbocycles. The SMILES string of the molecule is CC(C)CNC[C@@H]1CN(C(=O)OC(C)(C)C)C[C@H]1C(C)(C)O[SiH2]C(C)(C)C. The minimum absolute atomic E-state index is 0.206. The van der Waals surface area contributed by atoms with Gasteiger partial charge in [-0.1, -0.05) is 34.6 Å². The Balaban J connectivity index is 2.85. The summed E-state index contributed by atoms with van der Waals surface area (Å²) in [5, 5.41) is 3.84. The standard InChI is InChI=1S/C21H44N2O3Si/c1-15(2)11-22-12-16-13-23(18(24)25-19(3,4)5)14-17(16)21(9,10)26-27-20(6,7)8/h15-17,22H,11-14,27H2,1-10H3/t16-,17-/m1/s1. The van der Waals surface area contributed by atoms with Crippen LogP contribution in [0.25, 0.3) is 0 Å². The quantitative estimate of drug-likeness (QED) is 0.660. The van der Waals surface area contributed by atoms with Gasteiger partial charge in [0.2, 0.25) is 0 Å². The molecule has 0 unspecified atom stereocenters. The Morgan fingerprint density at radius 2 is 1.70 bits per heavy atom. The number of hydrogen-bond donors (Lipinski definition) is 1. The summed E-state index contributed by atoms with van der Waals surface area (Å²) >= 11 is 0. The van der Waals surface area contributed by atoms with Crippen LogP contribution in [0.4, 0.5) is 4.79 Å². The van der Waals surface area contributed by atoms with Gasteiger partial charge in [-0.3, -0.25) is 0 Å². The summed E-state index contributed by atoms with van der Waals surface area (Å²) in [7, 11) is -0.662. The molecule has 5 nitrogen and oxygen atoms in total. The highest BCUT2D eigenvalue weighted by Gasteiger charge is 2.45. The van der Waals surface area contributed by atoms with E-state index >= 15 is 0 Å². The third kappa shape index (κ3) is 8.96. The van der Waals surface area contributed by atoms with E-state index in [0.717, 1.165) is 19.6 Å². The van der Waals surface area contributed by atoms with E-state index in [1.165, 1.54) is 0 Å². The second-order valence-corrected chi connectivity index (χ2v) is 14.0. The summed E-state index contributed by atoms with van der Waals surface area (Å²) in [5.74, 6) is 1.30. The lowest BCUT2D eigenvalue weighted by atomic mass is 9.82. The van der Waals surface area contributed by atoms with Gasteiger partial charge >= 0.3 is 6.09 Å². The van der Waals surface area contributed by atoms with Crippen molar-refractivity contribution in [2.45, 2.75) is 85.5 Å². The van der Waals surface area contributed by atoms with Crippen LogP contribution >= 0.6 is 0 Å². The summed E-state index contributed by atoms with van der Waals surface area (Å²) < 4.78 is 12.1. The molecule has 27 heavy (non-hydrogen) atoms. The van der Waals surface area contributed by atoms with Crippen molar-refractivity contribution in [1.29, 1.82) is 0 Å². The molecule has 0 aromatic carbocycles. The van der Waals surface area contributed by atoms with Crippen LogP contribution in [0.15, 0.2) is 0 Å². The number of likely N-dealkylation sites (tertiary alicyclic amines) is 1. The van der Waals surface area contributed by atoms with Crippen LogP contribution in [0.1, 0.15) is 69.2 Å². The van der Waals surface area contributed by atoms with E-state index in [1.54, 1.807) is 0 Å². The van der Waals surface area contributed by atoms with E-state index in [9.17, 15) is 4.79 Å². The molecule has 2 atom stereocenters. The number of nitrogens with one attached hydrogen (secondary N) is 1. The Labute approximate surface area is 169 Å². The van der Waals surface area contributed by atoms with Crippen molar-refractivity contribution in [1.82, 2.24) is 10.2 Å². The molecule has 0 aromatic heterocycles. The Bertz CT molecular complexity index is 481. The van der Waals surface area contributed by atoms with Gasteiger partial charge in [0.1, 0.15) is 5.60 Å². The van der Waals surface area contributed by atoms with E-state index in [2.05, 4.69) is 53.8 Å². The molecule has 1 amide bonds. The van der Waals surface area contributed by atoms with Gasteiger partial charge < -0.3 is 19.4 Å². The second kappa shape index (κ2) is 9.27. The van der Waals surface area contributed by atoms with Crippen LogP contribution in [0.3, 0.4) is 0 Å². The smallest absolute Gasteiger partial charge is 0.410 e.